The highest BCUT2D eigenvalue weighted by Gasteiger charge is 2.15. The molecule has 3 rings (SSSR count). The van der Waals surface area contributed by atoms with E-state index in [0.29, 0.717) is 13.2 Å². The predicted octanol–water partition coefficient (Wildman–Crippen LogP) is 3.32. The third kappa shape index (κ3) is 3.26. The van der Waals surface area contributed by atoms with Crippen LogP contribution in [0, 0.1) is 0 Å². The van der Waals surface area contributed by atoms with E-state index in [9.17, 15) is 0 Å². The molecule has 0 atom stereocenters. The fourth-order valence-corrected chi connectivity index (χ4v) is 2.57. The second-order valence-electron chi connectivity index (χ2n) is 5.62. The van der Waals surface area contributed by atoms with Gasteiger partial charge in [-0.15, -0.1) is 0 Å². The average molecular weight is 283 g/mol. The summed E-state index contributed by atoms with van der Waals surface area (Å²) in [5, 5.41) is 0. The van der Waals surface area contributed by atoms with Crippen LogP contribution in [0.1, 0.15) is 11.1 Å². The van der Waals surface area contributed by atoms with Crippen LogP contribution in [0.2, 0.25) is 0 Å². The van der Waals surface area contributed by atoms with Crippen LogP contribution >= 0.6 is 0 Å². The number of hydrogen-bond donors (Lipinski definition) is 0. The van der Waals surface area contributed by atoms with E-state index in [1.54, 1.807) is 0 Å². The molecule has 0 spiro atoms. The lowest BCUT2D eigenvalue weighted by Crippen LogP contribution is -2.19. The number of ether oxygens (including phenoxy) is 2. The SMILES string of the molecule is CN(C)CCOc1cccc(-c2cccc3c2COC3)c1. The number of hydrogen-bond acceptors (Lipinski definition) is 3. The van der Waals surface area contributed by atoms with E-state index in [0.717, 1.165) is 18.9 Å². The molecule has 0 fully saturated rings. The molecular weight excluding hydrogens is 262 g/mol. The van der Waals surface area contributed by atoms with Gasteiger partial charge < -0.3 is 14.4 Å². The van der Waals surface area contributed by atoms with Gasteiger partial charge in [-0.1, -0.05) is 30.3 Å². The van der Waals surface area contributed by atoms with E-state index in [-0.39, 0.29) is 0 Å². The van der Waals surface area contributed by atoms with Crippen molar-refractivity contribution in [2.75, 3.05) is 27.2 Å². The van der Waals surface area contributed by atoms with Gasteiger partial charge in [-0.3, -0.25) is 0 Å². The lowest BCUT2D eigenvalue weighted by Gasteiger charge is -2.13. The molecule has 0 N–H and O–H groups in total. The fraction of sp³-hybridized carbons (Fsp3) is 0.333. The normalized spacial score (nSPS) is 13.5. The maximum absolute atomic E-state index is 5.83. The highest BCUT2D eigenvalue weighted by atomic mass is 16.5. The molecule has 0 aliphatic carbocycles. The molecule has 0 aromatic heterocycles. The van der Waals surface area contributed by atoms with Crippen LogP contribution < -0.4 is 4.74 Å². The second-order valence-corrected chi connectivity index (χ2v) is 5.62. The van der Waals surface area contributed by atoms with E-state index in [1.807, 2.05) is 20.2 Å². The van der Waals surface area contributed by atoms with Crippen molar-refractivity contribution in [1.82, 2.24) is 4.90 Å². The Morgan fingerprint density at radius 2 is 1.95 bits per heavy atom. The van der Waals surface area contributed by atoms with Crippen LogP contribution in [0.4, 0.5) is 0 Å². The zero-order valence-electron chi connectivity index (χ0n) is 12.6. The van der Waals surface area contributed by atoms with Crippen molar-refractivity contribution in [2.45, 2.75) is 13.2 Å². The third-order valence-electron chi connectivity index (χ3n) is 3.73. The van der Waals surface area contributed by atoms with Crippen molar-refractivity contribution in [3.05, 3.63) is 53.6 Å². The summed E-state index contributed by atoms with van der Waals surface area (Å²) in [4.78, 5) is 2.12. The third-order valence-corrected chi connectivity index (χ3v) is 3.73. The Balaban J connectivity index is 1.82. The number of likely N-dealkylation sites (N-methyl/N-ethyl adjacent to an activating group) is 1. The minimum absolute atomic E-state index is 0.701. The topological polar surface area (TPSA) is 21.7 Å². The van der Waals surface area contributed by atoms with Gasteiger partial charge >= 0.3 is 0 Å². The van der Waals surface area contributed by atoms with E-state index in [1.165, 1.54) is 22.3 Å². The monoisotopic (exact) mass is 283 g/mol. The average Bonchev–Trinajstić information content (AvgIpc) is 2.95. The van der Waals surface area contributed by atoms with Gasteiger partial charge in [0.25, 0.3) is 0 Å². The highest BCUT2D eigenvalue weighted by Crippen LogP contribution is 2.32. The second kappa shape index (κ2) is 6.29. The van der Waals surface area contributed by atoms with Crippen molar-refractivity contribution in [3.8, 4) is 16.9 Å². The number of benzene rings is 2. The lowest BCUT2D eigenvalue weighted by molar-refractivity contribution is 0.134. The van der Waals surface area contributed by atoms with E-state index in [4.69, 9.17) is 9.47 Å². The van der Waals surface area contributed by atoms with E-state index in [2.05, 4.69) is 41.3 Å². The quantitative estimate of drug-likeness (QED) is 0.840. The minimum atomic E-state index is 0.701. The largest absolute Gasteiger partial charge is 0.492 e. The fourth-order valence-electron chi connectivity index (χ4n) is 2.57. The summed E-state index contributed by atoms with van der Waals surface area (Å²) in [5.41, 5.74) is 5.05. The molecule has 1 heterocycles. The zero-order valence-corrected chi connectivity index (χ0v) is 12.6. The Hall–Kier alpha value is -1.84. The Labute approximate surface area is 126 Å². The van der Waals surface area contributed by atoms with Gasteiger partial charge in [-0.25, -0.2) is 0 Å². The van der Waals surface area contributed by atoms with E-state index < -0.39 is 0 Å². The minimum Gasteiger partial charge on any atom is -0.492 e. The molecule has 0 unspecified atom stereocenters. The molecule has 21 heavy (non-hydrogen) atoms. The number of rotatable bonds is 5. The first-order valence-corrected chi connectivity index (χ1v) is 7.30. The van der Waals surface area contributed by atoms with Crippen molar-refractivity contribution in [2.24, 2.45) is 0 Å². The summed E-state index contributed by atoms with van der Waals surface area (Å²) < 4.78 is 11.4. The predicted molar refractivity (Wildman–Crippen MR) is 84.4 cm³/mol. The Bertz CT molecular complexity index is 622. The van der Waals surface area contributed by atoms with Crippen molar-refractivity contribution < 1.29 is 9.47 Å². The van der Waals surface area contributed by atoms with Crippen LogP contribution in [-0.4, -0.2) is 32.1 Å². The van der Waals surface area contributed by atoms with Crippen LogP contribution in [0.3, 0.4) is 0 Å². The summed E-state index contributed by atoms with van der Waals surface area (Å²) >= 11 is 0. The maximum Gasteiger partial charge on any atom is 0.119 e. The van der Waals surface area contributed by atoms with Gasteiger partial charge in [0.1, 0.15) is 12.4 Å². The molecule has 3 nitrogen and oxygen atoms in total. The Kier molecular flexibility index (Phi) is 4.23. The van der Waals surface area contributed by atoms with Crippen LogP contribution in [0.25, 0.3) is 11.1 Å². The molecule has 2 aromatic carbocycles. The molecule has 110 valence electrons. The number of fused-ring (bicyclic) bond motifs is 1. The van der Waals surface area contributed by atoms with Crippen LogP contribution in [0.5, 0.6) is 5.75 Å². The molecule has 3 heteroatoms. The Morgan fingerprint density at radius 3 is 2.81 bits per heavy atom. The van der Waals surface area contributed by atoms with Gasteiger partial charge in [-0.2, -0.15) is 0 Å². The standard InChI is InChI=1S/C18H21NO2/c1-19(2)9-10-21-16-7-3-5-14(11-16)17-8-4-6-15-12-20-13-18(15)17/h3-8,11H,9-10,12-13H2,1-2H3. The first-order chi connectivity index (χ1) is 10.2. The summed E-state index contributed by atoms with van der Waals surface area (Å²) in [5.74, 6) is 0.922. The molecule has 0 saturated heterocycles. The first kappa shape index (κ1) is 14.1. The zero-order chi connectivity index (χ0) is 14.7. The van der Waals surface area contributed by atoms with Gasteiger partial charge in [0.15, 0.2) is 0 Å². The van der Waals surface area contributed by atoms with Crippen LogP contribution in [-0.2, 0) is 18.0 Å². The van der Waals surface area contributed by atoms with Gasteiger partial charge in [0.05, 0.1) is 13.2 Å². The first-order valence-electron chi connectivity index (χ1n) is 7.30. The van der Waals surface area contributed by atoms with Gasteiger partial charge in [0.2, 0.25) is 0 Å². The maximum atomic E-state index is 5.83. The van der Waals surface area contributed by atoms with Gasteiger partial charge in [-0.05, 0) is 48.5 Å². The van der Waals surface area contributed by atoms with Crippen molar-refractivity contribution >= 4 is 0 Å². The summed E-state index contributed by atoms with van der Waals surface area (Å²) in [6.07, 6.45) is 0. The molecule has 0 saturated carbocycles. The van der Waals surface area contributed by atoms with Crippen molar-refractivity contribution in [1.29, 1.82) is 0 Å². The molecule has 0 bridgehead atoms. The summed E-state index contributed by atoms with van der Waals surface area (Å²) in [6.45, 7) is 3.05. The lowest BCUT2D eigenvalue weighted by atomic mass is 9.97. The number of nitrogens with zero attached hydrogens (tertiary/aromatic N) is 1. The molecule has 1 aliphatic rings. The Morgan fingerprint density at radius 1 is 1.10 bits per heavy atom. The molecule has 0 amide bonds. The van der Waals surface area contributed by atoms with Gasteiger partial charge in [0, 0.05) is 6.54 Å². The molecule has 0 radical (unpaired) electrons. The van der Waals surface area contributed by atoms with Crippen molar-refractivity contribution in [3.63, 3.8) is 0 Å². The summed E-state index contributed by atoms with van der Waals surface area (Å²) in [7, 11) is 4.10. The molecule has 1 aliphatic heterocycles. The van der Waals surface area contributed by atoms with Crippen LogP contribution in [0.15, 0.2) is 42.5 Å². The molecular formula is C18H21NO2. The smallest absolute Gasteiger partial charge is 0.119 e. The van der Waals surface area contributed by atoms with E-state index >= 15 is 0 Å². The summed E-state index contributed by atoms with van der Waals surface area (Å²) in [6, 6.07) is 14.7. The highest BCUT2D eigenvalue weighted by molar-refractivity contribution is 5.70. The molecule has 2 aromatic rings.